The molecule has 0 aliphatic carbocycles. The lowest BCUT2D eigenvalue weighted by atomic mass is 10.1. The van der Waals surface area contributed by atoms with E-state index in [9.17, 15) is 9.59 Å². The van der Waals surface area contributed by atoms with Gasteiger partial charge < -0.3 is 14.6 Å². The molecule has 7 heteroatoms. The molecule has 3 rings (SSSR count). The van der Waals surface area contributed by atoms with Gasteiger partial charge in [0.25, 0.3) is 5.91 Å². The number of rotatable bonds is 6. The van der Waals surface area contributed by atoms with Gasteiger partial charge in [-0.1, -0.05) is 52.3 Å². The molecular formula is C21H18BrN3O3. The molecule has 1 amide bonds. The van der Waals surface area contributed by atoms with Gasteiger partial charge in [0.15, 0.2) is 6.61 Å². The van der Waals surface area contributed by atoms with Crippen molar-refractivity contribution in [2.45, 2.75) is 0 Å². The minimum Gasteiger partial charge on any atom is -0.484 e. The Kier molecular flexibility index (Phi) is 6.39. The number of aromatic nitrogens is 2. The first-order valence-corrected chi connectivity index (χ1v) is 9.29. The number of nitrogens with zero attached hydrogens (tertiary/aromatic N) is 2. The fourth-order valence-corrected chi connectivity index (χ4v) is 2.57. The SMILES string of the molecule is Cn1ccc(NC(=O)COc2ccc(/C=C/c3ccc(Br)cc3)cc2)nc1=O. The van der Waals surface area contributed by atoms with Crippen LogP contribution in [-0.4, -0.2) is 22.1 Å². The van der Waals surface area contributed by atoms with Crippen molar-refractivity contribution in [1.82, 2.24) is 9.55 Å². The molecule has 0 unspecified atom stereocenters. The van der Waals surface area contributed by atoms with Crippen molar-refractivity contribution in [1.29, 1.82) is 0 Å². The van der Waals surface area contributed by atoms with E-state index in [1.54, 1.807) is 25.2 Å². The summed E-state index contributed by atoms with van der Waals surface area (Å²) in [5.41, 5.74) is 1.68. The van der Waals surface area contributed by atoms with E-state index in [-0.39, 0.29) is 18.3 Å². The van der Waals surface area contributed by atoms with Crippen LogP contribution in [0.3, 0.4) is 0 Å². The smallest absolute Gasteiger partial charge is 0.349 e. The molecule has 1 N–H and O–H groups in total. The summed E-state index contributed by atoms with van der Waals surface area (Å²) in [6, 6.07) is 17.0. The summed E-state index contributed by atoms with van der Waals surface area (Å²) in [7, 11) is 1.59. The Balaban J connectivity index is 1.52. The second-order valence-electron chi connectivity index (χ2n) is 6.00. The second-order valence-corrected chi connectivity index (χ2v) is 6.91. The summed E-state index contributed by atoms with van der Waals surface area (Å²) in [4.78, 5) is 27.1. The summed E-state index contributed by atoms with van der Waals surface area (Å²) in [5, 5.41) is 2.53. The molecule has 0 fully saturated rings. The number of carbonyl (C=O) groups excluding carboxylic acids is 1. The molecule has 28 heavy (non-hydrogen) atoms. The van der Waals surface area contributed by atoms with Gasteiger partial charge in [0.2, 0.25) is 0 Å². The highest BCUT2D eigenvalue weighted by Crippen LogP contribution is 2.16. The molecular weight excluding hydrogens is 422 g/mol. The highest BCUT2D eigenvalue weighted by molar-refractivity contribution is 9.10. The zero-order valence-corrected chi connectivity index (χ0v) is 16.7. The van der Waals surface area contributed by atoms with Crippen LogP contribution >= 0.6 is 15.9 Å². The fraction of sp³-hybridized carbons (Fsp3) is 0.0952. The molecule has 0 spiro atoms. The first kappa shape index (κ1) is 19.6. The van der Waals surface area contributed by atoms with Crippen molar-refractivity contribution in [3.63, 3.8) is 0 Å². The number of nitrogens with one attached hydrogen (secondary N) is 1. The molecule has 0 saturated heterocycles. The number of ether oxygens (including phenoxy) is 1. The monoisotopic (exact) mass is 439 g/mol. The van der Waals surface area contributed by atoms with Gasteiger partial charge in [-0.15, -0.1) is 0 Å². The summed E-state index contributed by atoms with van der Waals surface area (Å²) in [6.45, 7) is -0.176. The lowest BCUT2D eigenvalue weighted by Gasteiger charge is -2.07. The lowest BCUT2D eigenvalue weighted by molar-refractivity contribution is -0.118. The highest BCUT2D eigenvalue weighted by Gasteiger charge is 2.05. The van der Waals surface area contributed by atoms with Crippen LogP contribution in [0.5, 0.6) is 5.75 Å². The van der Waals surface area contributed by atoms with Gasteiger partial charge in [-0.2, -0.15) is 4.98 Å². The molecule has 142 valence electrons. The number of halogens is 1. The number of benzene rings is 2. The van der Waals surface area contributed by atoms with Gasteiger partial charge in [-0.3, -0.25) is 4.79 Å². The number of carbonyl (C=O) groups is 1. The first-order chi connectivity index (χ1) is 13.5. The molecule has 0 saturated carbocycles. The Morgan fingerprint density at radius 1 is 1.07 bits per heavy atom. The van der Waals surface area contributed by atoms with Crippen LogP contribution in [0.4, 0.5) is 5.82 Å². The van der Waals surface area contributed by atoms with E-state index in [1.165, 1.54) is 10.8 Å². The van der Waals surface area contributed by atoms with Crippen LogP contribution in [0.15, 0.2) is 70.1 Å². The number of anilines is 1. The minimum atomic E-state index is -0.439. The topological polar surface area (TPSA) is 73.2 Å². The first-order valence-electron chi connectivity index (χ1n) is 8.50. The molecule has 1 heterocycles. The lowest BCUT2D eigenvalue weighted by Crippen LogP contribution is -2.25. The maximum Gasteiger partial charge on any atom is 0.349 e. The van der Waals surface area contributed by atoms with Crippen LogP contribution < -0.4 is 15.7 Å². The summed E-state index contributed by atoms with van der Waals surface area (Å²) in [6.07, 6.45) is 5.56. The average molecular weight is 440 g/mol. The number of aryl methyl sites for hydroxylation is 1. The Labute approximate surface area is 170 Å². The van der Waals surface area contributed by atoms with Crippen molar-refractivity contribution < 1.29 is 9.53 Å². The molecule has 6 nitrogen and oxygen atoms in total. The van der Waals surface area contributed by atoms with Crippen molar-refractivity contribution in [2.75, 3.05) is 11.9 Å². The number of amides is 1. The van der Waals surface area contributed by atoms with Gasteiger partial charge in [0, 0.05) is 17.7 Å². The van der Waals surface area contributed by atoms with Crippen molar-refractivity contribution in [3.05, 3.63) is 86.9 Å². The fourth-order valence-electron chi connectivity index (χ4n) is 2.30. The third-order valence-electron chi connectivity index (χ3n) is 3.83. The predicted octanol–water partition coefficient (Wildman–Crippen LogP) is 3.73. The van der Waals surface area contributed by atoms with E-state index in [0.717, 1.165) is 15.6 Å². The third-order valence-corrected chi connectivity index (χ3v) is 4.36. The van der Waals surface area contributed by atoms with E-state index in [0.29, 0.717) is 5.75 Å². The van der Waals surface area contributed by atoms with Crippen LogP contribution in [-0.2, 0) is 11.8 Å². The van der Waals surface area contributed by atoms with E-state index in [4.69, 9.17) is 4.74 Å². The van der Waals surface area contributed by atoms with Crippen LogP contribution in [0.2, 0.25) is 0 Å². The Hall–Kier alpha value is -3.19. The maximum absolute atomic E-state index is 11.9. The van der Waals surface area contributed by atoms with Crippen LogP contribution in [0, 0.1) is 0 Å². The van der Waals surface area contributed by atoms with E-state index < -0.39 is 5.69 Å². The average Bonchev–Trinajstić information content (AvgIpc) is 2.69. The van der Waals surface area contributed by atoms with E-state index in [1.807, 2.05) is 48.6 Å². The van der Waals surface area contributed by atoms with Crippen molar-refractivity contribution >= 4 is 39.8 Å². The van der Waals surface area contributed by atoms with Crippen molar-refractivity contribution in [3.8, 4) is 5.75 Å². The minimum absolute atomic E-state index is 0.176. The van der Waals surface area contributed by atoms with E-state index >= 15 is 0 Å². The summed E-state index contributed by atoms with van der Waals surface area (Å²) >= 11 is 3.41. The number of hydrogen-bond donors (Lipinski definition) is 1. The largest absolute Gasteiger partial charge is 0.484 e. The molecule has 0 atom stereocenters. The molecule has 1 aromatic heterocycles. The predicted molar refractivity (Wildman–Crippen MR) is 113 cm³/mol. The third kappa shape index (κ3) is 5.65. The van der Waals surface area contributed by atoms with Gasteiger partial charge in [-0.25, -0.2) is 4.79 Å². The van der Waals surface area contributed by atoms with Crippen LogP contribution in [0.25, 0.3) is 12.2 Å². The Bertz CT molecular complexity index is 1040. The van der Waals surface area contributed by atoms with Gasteiger partial charge >= 0.3 is 5.69 Å². The molecule has 0 aliphatic rings. The second kappa shape index (κ2) is 9.14. The quantitative estimate of drug-likeness (QED) is 0.593. The maximum atomic E-state index is 11.9. The molecule has 3 aromatic rings. The zero-order chi connectivity index (χ0) is 19.9. The molecule has 0 aliphatic heterocycles. The van der Waals surface area contributed by atoms with Crippen LogP contribution in [0.1, 0.15) is 11.1 Å². The van der Waals surface area contributed by atoms with Gasteiger partial charge in [0.05, 0.1) is 0 Å². The normalized spacial score (nSPS) is 10.8. The Morgan fingerprint density at radius 3 is 2.29 bits per heavy atom. The molecule has 2 aromatic carbocycles. The van der Waals surface area contributed by atoms with Gasteiger partial charge in [0.1, 0.15) is 11.6 Å². The summed E-state index contributed by atoms with van der Waals surface area (Å²) in [5.74, 6) is 0.387. The zero-order valence-electron chi connectivity index (χ0n) is 15.1. The molecule has 0 radical (unpaired) electrons. The number of hydrogen-bond acceptors (Lipinski definition) is 4. The molecule has 0 bridgehead atoms. The van der Waals surface area contributed by atoms with Crippen molar-refractivity contribution in [2.24, 2.45) is 7.05 Å². The van der Waals surface area contributed by atoms with Gasteiger partial charge in [-0.05, 0) is 41.5 Å². The highest BCUT2D eigenvalue weighted by atomic mass is 79.9. The Morgan fingerprint density at radius 2 is 1.68 bits per heavy atom. The van der Waals surface area contributed by atoms with E-state index in [2.05, 4.69) is 26.2 Å². The summed E-state index contributed by atoms with van der Waals surface area (Å²) < 4.78 is 7.83. The standard InChI is InChI=1S/C21H18BrN3O3/c1-25-13-12-19(24-21(25)27)23-20(26)14-28-18-10-6-16(7-11-18)3-2-15-4-8-17(22)9-5-15/h2-13H,14H2,1H3,(H,23,24,26,27)/b3-2+.